The van der Waals surface area contributed by atoms with Gasteiger partial charge in [0, 0.05) is 0 Å². The van der Waals surface area contributed by atoms with E-state index in [0.717, 1.165) is 37.2 Å². The highest BCUT2D eigenvalue weighted by atomic mass is 19.1. The fourth-order valence-electron chi connectivity index (χ4n) is 5.46. The minimum atomic E-state index is -0.613. The Labute approximate surface area is 150 Å². The average molecular weight is 346 g/mol. The monoisotopic (exact) mass is 346 g/mol. The van der Waals surface area contributed by atoms with Crippen molar-refractivity contribution in [3.63, 3.8) is 0 Å². The molecule has 0 saturated heterocycles. The summed E-state index contributed by atoms with van der Waals surface area (Å²) in [4.78, 5) is 12.2. The number of benzene rings is 1. The average Bonchev–Trinajstić information content (AvgIpc) is 2.63. The van der Waals surface area contributed by atoms with Crippen LogP contribution in [0.3, 0.4) is 0 Å². The lowest BCUT2D eigenvalue weighted by Gasteiger charge is -2.45. The van der Waals surface area contributed by atoms with Crippen molar-refractivity contribution < 1.29 is 14.3 Å². The Balaban J connectivity index is 1.68. The zero-order chi connectivity index (χ0) is 17.9. The van der Waals surface area contributed by atoms with Gasteiger partial charge in [-0.05, 0) is 67.9 Å². The molecule has 0 spiro atoms. The van der Waals surface area contributed by atoms with Gasteiger partial charge in [0.15, 0.2) is 0 Å². The van der Waals surface area contributed by atoms with Crippen molar-refractivity contribution in [2.24, 2.45) is 17.3 Å². The van der Waals surface area contributed by atoms with Crippen LogP contribution in [0.4, 0.5) is 4.39 Å². The van der Waals surface area contributed by atoms with Crippen LogP contribution in [0.1, 0.15) is 82.6 Å². The summed E-state index contributed by atoms with van der Waals surface area (Å²) >= 11 is 0. The highest BCUT2D eigenvalue weighted by Gasteiger charge is 2.48. The fourth-order valence-corrected chi connectivity index (χ4v) is 5.46. The molecule has 0 atom stereocenters. The summed E-state index contributed by atoms with van der Waals surface area (Å²) in [6.45, 7) is 2.23. The van der Waals surface area contributed by atoms with Gasteiger partial charge in [-0.15, -0.1) is 0 Å². The van der Waals surface area contributed by atoms with E-state index in [0.29, 0.717) is 18.8 Å². The lowest BCUT2D eigenvalue weighted by molar-refractivity contribution is -0.157. The Hall–Kier alpha value is -1.38. The smallest absolute Gasteiger partial charge is 0.309 e. The molecule has 0 radical (unpaired) electrons. The van der Waals surface area contributed by atoms with Gasteiger partial charge < -0.3 is 5.11 Å². The second-order valence-electron chi connectivity index (χ2n) is 8.26. The number of hydrogen-bond acceptors (Lipinski definition) is 1. The first-order chi connectivity index (χ1) is 12.1. The van der Waals surface area contributed by atoms with Crippen molar-refractivity contribution in [2.45, 2.75) is 77.0 Å². The third-order valence-corrected chi connectivity index (χ3v) is 6.97. The van der Waals surface area contributed by atoms with Gasteiger partial charge in [0.2, 0.25) is 0 Å². The topological polar surface area (TPSA) is 37.3 Å². The van der Waals surface area contributed by atoms with E-state index in [9.17, 15) is 14.3 Å². The molecule has 3 rings (SSSR count). The van der Waals surface area contributed by atoms with Crippen LogP contribution in [0, 0.1) is 23.1 Å². The van der Waals surface area contributed by atoms with Gasteiger partial charge in [-0.3, -0.25) is 4.79 Å². The molecule has 1 aromatic carbocycles. The maximum absolute atomic E-state index is 14.1. The largest absolute Gasteiger partial charge is 0.481 e. The molecule has 0 heterocycles. The standard InChI is InChI=1S/C22H31FO2/c1-2-5-16-8-10-18(11-9-16)22(21(24)25)14-12-17(13-15-22)19-6-3-4-7-20(19)23/h3-4,6-7,16-18H,2,5,8-15H2,1H3,(H,24,25). The highest BCUT2D eigenvalue weighted by Crippen LogP contribution is 2.52. The number of carboxylic acids is 1. The quantitative estimate of drug-likeness (QED) is 0.693. The molecule has 2 fully saturated rings. The molecule has 0 amide bonds. The van der Waals surface area contributed by atoms with Gasteiger partial charge in [0.25, 0.3) is 0 Å². The van der Waals surface area contributed by atoms with E-state index in [1.807, 2.05) is 12.1 Å². The van der Waals surface area contributed by atoms with Crippen LogP contribution in [-0.2, 0) is 4.79 Å². The summed E-state index contributed by atoms with van der Waals surface area (Å²) in [6, 6.07) is 6.98. The van der Waals surface area contributed by atoms with Crippen molar-refractivity contribution in [3.8, 4) is 0 Å². The van der Waals surface area contributed by atoms with E-state index < -0.39 is 11.4 Å². The van der Waals surface area contributed by atoms with Crippen molar-refractivity contribution in [3.05, 3.63) is 35.6 Å². The molecule has 2 aliphatic rings. The third-order valence-electron chi connectivity index (χ3n) is 6.97. The Kier molecular flexibility index (Phi) is 5.81. The van der Waals surface area contributed by atoms with Crippen molar-refractivity contribution in [1.29, 1.82) is 0 Å². The summed E-state index contributed by atoms with van der Waals surface area (Å²) < 4.78 is 14.1. The van der Waals surface area contributed by atoms with Crippen molar-refractivity contribution in [2.75, 3.05) is 0 Å². The van der Waals surface area contributed by atoms with Crippen LogP contribution in [0.2, 0.25) is 0 Å². The lowest BCUT2D eigenvalue weighted by atomic mass is 9.58. The predicted molar refractivity (Wildman–Crippen MR) is 98.0 cm³/mol. The molecule has 1 N–H and O–H groups in total. The molecule has 25 heavy (non-hydrogen) atoms. The predicted octanol–water partition coefficient (Wildman–Crippen LogP) is 6.16. The van der Waals surface area contributed by atoms with Gasteiger partial charge in [-0.2, -0.15) is 0 Å². The van der Waals surface area contributed by atoms with Gasteiger partial charge >= 0.3 is 5.97 Å². The van der Waals surface area contributed by atoms with Gasteiger partial charge in [-0.25, -0.2) is 4.39 Å². The van der Waals surface area contributed by atoms with Gasteiger partial charge in [-0.1, -0.05) is 50.8 Å². The number of hydrogen-bond donors (Lipinski definition) is 1. The number of carboxylic acid groups (broad SMARTS) is 1. The summed E-state index contributed by atoms with van der Waals surface area (Å²) in [5, 5.41) is 10.0. The van der Waals surface area contributed by atoms with Crippen molar-refractivity contribution in [1.82, 2.24) is 0 Å². The molecule has 3 heteroatoms. The summed E-state index contributed by atoms with van der Waals surface area (Å²) in [7, 11) is 0. The Bertz CT molecular complexity index is 581. The number of rotatable bonds is 5. The molecule has 0 unspecified atom stereocenters. The molecular weight excluding hydrogens is 315 g/mol. The van der Waals surface area contributed by atoms with E-state index >= 15 is 0 Å². The zero-order valence-electron chi connectivity index (χ0n) is 15.3. The summed E-state index contributed by atoms with van der Waals surface area (Å²) in [5.41, 5.74) is 0.201. The lowest BCUT2D eigenvalue weighted by Crippen LogP contribution is -2.43. The summed E-state index contributed by atoms with van der Waals surface area (Å²) in [6.07, 6.45) is 9.97. The maximum Gasteiger partial charge on any atom is 0.309 e. The van der Waals surface area contributed by atoms with E-state index in [1.165, 1.54) is 31.7 Å². The zero-order valence-corrected chi connectivity index (χ0v) is 15.3. The molecule has 0 aliphatic heterocycles. The SMILES string of the molecule is CCCC1CCC(C2(C(=O)O)CCC(c3ccccc3F)CC2)CC1. The van der Waals surface area contributed by atoms with E-state index in [1.54, 1.807) is 6.07 Å². The molecule has 2 nitrogen and oxygen atoms in total. The Morgan fingerprint density at radius 2 is 1.76 bits per heavy atom. The minimum absolute atomic E-state index is 0.143. The summed E-state index contributed by atoms with van der Waals surface area (Å²) in [5.74, 6) is 0.514. The molecule has 1 aromatic rings. The fraction of sp³-hybridized carbons (Fsp3) is 0.682. The molecular formula is C22H31FO2. The minimum Gasteiger partial charge on any atom is -0.481 e. The second kappa shape index (κ2) is 7.88. The normalized spacial score (nSPS) is 33.1. The Morgan fingerprint density at radius 1 is 1.12 bits per heavy atom. The molecule has 0 bridgehead atoms. The molecule has 2 saturated carbocycles. The molecule has 0 aromatic heterocycles. The van der Waals surface area contributed by atoms with Crippen LogP contribution in [0.15, 0.2) is 24.3 Å². The Morgan fingerprint density at radius 3 is 2.32 bits per heavy atom. The van der Waals surface area contributed by atoms with Crippen LogP contribution >= 0.6 is 0 Å². The number of aliphatic carboxylic acids is 1. The third kappa shape index (κ3) is 3.75. The van der Waals surface area contributed by atoms with E-state index in [-0.39, 0.29) is 11.7 Å². The van der Waals surface area contributed by atoms with Crippen LogP contribution < -0.4 is 0 Å². The highest BCUT2D eigenvalue weighted by molar-refractivity contribution is 5.75. The molecule has 2 aliphatic carbocycles. The van der Waals surface area contributed by atoms with Crippen LogP contribution in [0.5, 0.6) is 0 Å². The van der Waals surface area contributed by atoms with Gasteiger partial charge in [0.1, 0.15) is 5.82 Å². The van der Waals surface area contributed by atoms with Crippen molar-refractivity contribution >= 4 is 5.97 Å². The number of halogens is 1. The molecule has 138 valence electrons. The first-order valence-electron chi connectivity index (χ1n) is 10.0. The van der Waals surface area contributed by atoms with Crippen LogP contribution in [0.25, 0.3) is 0 Å². The van der Waals surface area contributed by atoms with Crippen LogP contribution in [-0.4, -0.2) is 11.1 Å². The maximum atomic E-state index is 14.1. The first-order valence-corrected chi connectivity index (χ1v) is 10.0. The number of carbonyl (C=O) groups is 1. The van der Waals surface area contributed by atoms with E-state index in [4.69, 9.17) is 0 Å². The second-order valence-corrected chi connectivity index (χ2v) is 8.26. The van der Waals surface area contributed by atoms with E-state index in [2.05, 4.69) is 6.92 Å². The van der Waals surface area contributed by atoms with Gasteiger partial charge in [0.05, 0.1) is 5.41 Å². The first kappa shape index (κ1) is 18.4.